The van der Waals surface area contributed by atoms with E-state index in [-0.39, 0.29) is 11.8 Å². The summed E-state index contributed by atoms with van der Waals surface area (Å²) in [5, 5.41) is 2.86. The second kappa shape index (κ2) is 9.35. The van der Waals surface area contributed by atoms with Gasteiger partial charge in [-0.05, 0) is 59.7 Å². The highest BCUT2D eigenvalue weighted by Crippen LogP contribution is 2.39. The molecule has 1 aliphatic rings. The van der Waals surface area contributed by atoms with Crippen LogP contribution in [0.25, 0.3) is 11.1 Å². The number of carbonyl (C=O) groups excluding carboxylic acids is 2. The molecule has 0 spiro atoms. The first-order chi connectivity index (χ1) is 17.1. The van der Waals surface area contributed by atoms with Crippen LogP contribution in [0.15, 0.2) is 91.0 Å². The molecule has 0 bridgehead atoms. The third-order valence-electron chi connectivity index (χ3n) is 6.12. The van der Waals surface area contributed by atoms with Crippen LogP contribution in [0.5, 0.6) is 11.5 Å². The van der Waals surface area contributed by atoms with Gasteiger partial charge in [-0.1, -0.05) is 42.5 Å². The van der Waals surface area contributed by atoms with E-state index < -0.39 is 0 Å². The molecule has 0 atom stereocenters. The molecule has 1 N–H and O–H groups in total. The number of methoxy groups -OCH3 is 2. The number of ether oxygens (including phenoxy) is 2. The van der Waals surface area contributed by atoms with Gasteiger partial charge in [0, 0.05) is 16.8 Å². The van der Waals surface area contributed by atoms with Crippen molar-refractivity contribution in [1.29, 1.82) is 0 Å². The van der Waals surface area contributed by atoms with Gasteiger partial charge in [-0.3, -0.25) is 9.59 Å². The molecular weight excluding hydrogens is 440 g/mol. The van der Waals surface area contributed by atoms with Gasteiger partial charge in [0.25, 0.3) is 11.8 Å². The van der Waals surface area contributed by atoms with Crippen LogP contribution in [-0.4, -0.2) is 26.0 Å². The van der Waals surface area contributed by atoms with Gasteiger partial charge >= 0.3 is 0 Å². The third-order valence-corrected chi connectivity index (χ3v) is 6.12. The Morgan fingerprint density at radius 1 is 0.800 bits per heavy atom. The molecule has 4 aromatic carbocycles. The van der Waals surface area contributed by atoms with Crippen molar-refractivity contribution >= 4 is 23.2 Å². The molecule has 5 rings (SSSR count). The molecule has 0 aromatic heterocycles. The molecule has 2 amide bonds. The predicted octanol–water partition coefficient (Wildman–Crippen LogP) is 5.78. The van der Waals surface area contributed by atoms with Crippen molar-refractivity contribution in [1.82, 2.24) is 0 Å². The van der Waals surface area contributed by atoms with E-state index in [0.717, 1.165) is 22.4 Å². The fourth-order valence-corrected chi connectivity index (χ4v) is 4.34. The summed E-state index contributed by atoms with van der Waals surface area (Å²) in [7, 11) is 3.05. The number of nitrogens with one attached hydrogen (secondary N) is 1. The second-order valence-electron chi connectivity index (χ2n) is 8.16. The van der Waals surface area contributed by atoms with E-state index in [0.29, 0.717) is 34.9 Å². The lowest BCUT2D eigenvalue weighted by molar-refractivity contribution is 0.0983. The van der Waals surface area contributed by atoms with Gasteiger partial charge in [-0.15, -0.1) is 0 Å². The lowest BCUT2D eigenvalue weighted by Gasteiger charge is -2.31. The van der Waals surface area contributed by atoms with Crippen molar-refractivity contribution < 1.29 is 19.1 Å². The topological polar surface area (TPSA) is 67.9 Å². The van der Waals surface area contributed by atoms with E-state index in [1.807, 2.05) is 36.4 Å². The van der Waals surface area contributed by atoms with Crippen LogP contribution < -0.4 is 19.7 Å². The van der Waals surface area contributed by atoms with E-state index in [1.165, 1.54) is 7.11 Å². The SMILES string of the molecule is COc1ccc(OC)c(C(=O)Nc2ccc(C(=O)N3Cc4ccccc4-c4ccccc43)cc2)c1. The highest BCUT2D eigenvalue weighted by Gasteiger charge is 2.26. The Labute approximate surface area is 203 Å². The summed E-state index contributed by atoms with van der Waals surface area (Å²) in [5.41, 5.74) is 5.65. The first-order valence-electron chi connectivity index (χ1n) is 11.2. The van der Waals surface area contributed by atoms with Crippen LogP contribution in [-0.2, 0) is 6.54 Å². The number of benzene rings is 4. The maximum Gasteiger partial charge on any atom is 0.259 e. The minimum atomic E-state index is -0.332. The van der Waals surface area contributed by atoms with Gasteiger partial charge in [-0.25, -0.2) is 0 Å². The molecule has 0 fully saturated rings. The van der Waals surface area contributed by atoms with Gasteiger partial charge < -0.3 is 19.7 Å². The summed E-state index contributed by atoms with van der Waals surface area (Å²) in [5.74, 6) is 0.570. The standard InChI is InChI=1S/C29H24N2O4/c1-34-22-15-16-27(35-2)25(17-22)28(32)30-21-13-11-19(12-14-21)29(33)31-18-20-7-3-4-8-23(20)24-9-5-6-10-26(24)31/h3-17H,18H2,1-2H3,(H,30,32). The number of carbonyl (C=O) groups is 2. The average Bonchev–Trinajstić information content (AvgIpc) is 2.92. The van der Waals surface area contributed by atoms with Gasteiger partial charge in [0.1, 0.15) is 11.5 Å². The van der Waals surface area contributed by atoms with Gasteiger partial charge in [0.15, 0.2) is 0 Å². The Bertz CT molecular complexity index is 1410. The van der Waals surface area contributed by atoms with Crippen LogP contribution in [0.3, 0.4) is 0 Å². The summed E-state index contributed by atoms with van der Waals surface area (Å²) in [6, 6.07) is 28.0. The van der Waals surface area contributed by atoms with Crippen LogP contribution in [0.4, 0.5) is 11.4 Å². The van der Waals surface area contributed by atoms with Crippen LogP contribution >= 0.6 is 0 Å². The van der Waals surface area contributed by atoms with Crippen LogP contribution in [0.2, 0.25) is 0 Å². The van der Waals surface area contributed by atoms with Crippen molar-refractivity contribution in [2.45, 2.75) is 6.54 Å². The first kappa shape index (κ1) is 22.2. The molecule has 1 aliphatic heterocycles. The number of para-hydroxylation sites is 1. The third kappa shape index (κ3) is 4.22. The van der Waals surface area contributed by atoms with Crippen molar-refractivity contribution in [2.24, 2.45) is 0 Å². The number of hydrogen-bond donors (Lipinski definition) is 1. The van der Waals surface area contributed by atoms with Gasteiger partial charge in [-0.2, -0.15) is 0 Å². The smallest absolute Gasteiger partial charge is 0.259 e. The second-order valence-corrected chi connectivity index (χ2v) is 8.16. The molecule has 0 aliphatic carbocycles. The Kier molecular flexibility index (Phi) is 5.94. The summed E-state index contributed by atoms with van der Waals surface area (Å²) >= 11 is 0. The van der Waals surface area contributed by atoms with E-state index in [1.54, 1.807) is 54.5 Å². The summed E-state index contributed by atoms with van der Waals surface area (Å²) in [6.07, 6.45) is 0. The minimum absolute atomic E-state index is 0.0979. The normalized spacial score (nSPS) is 11.8. The number of hydrogen-bond acceptors (Lipinski definition) is 4. The zero-order chi connectivity index (χ0) is 24.4. The van der Waals surface area contributed by atoms with Crippen LogP contribution in [0, 0.1) is 0 Å². The molecule has 0 saturated carbocycles. The van der Waals surface area contributed by atoms with Crippen LogP contribution in [0.1, 0.15) is 26.3 Å². The highest BCUT2D eigenvalue weighted by molar-refractivity contribution is 6.10. The maximum absolute atomic E-state index is 13.5. The first-order valence-corrected chi connectivity index (χ1v) is 11.2. The van der Waals surface area contributed by atoms with E-state index in [9.17, 15) is 9.59 Å². The zero-order valence-corrected chi connectivity index (χ0v) is 19.4. The summed E-state index contributed by atoms with van der Waals surface area (Å²) in [4.78, 5) is 28.1. The van der Waals surface area contributed by atoms with Crippen molar-refractivity contribution in [2.75, 3.05) is 24.4 Å². The van der Waals surface area contributed by atoms with Crippen molar-refractivity contribution in [3.05, 3.63) is 108 Å². The summed E-state index contributed by atoms with van der Waals surface area (Å²) < 4.78 is 10.5. The van der Waals surface area contributed by atoms with Crippen molar-refractivity contribution in [3.8, 4) is 22.6 Å². The Balaban J connectivity index is 1.37. The molecule has 174 valence electrons. The lowest BCUT2D eigenvalue weighted by Crippen LogP contribution is -2.33. The van der Waals surface area contributed by atoms with Crippen molar-refractivity contribution in [3.63, 3.8) is 0 Å². The predicted molar refractivity (Wildman–Crippen MR) is 136 cm³/mol. The molecule has 0 saturated heterocycles. The van der Waals surface area contributed by atoms with Gasteiger partial charge in [0.2, 0.25) is 0 Å². The number of nitrogens with zero attached hydrogens (tertiary/aromatic N) is 1. The molecular formula is C29H24N2O4. The molecule has 0 unspecified atom stereocenters. The monoisotopic (exact) mass is 464 g/mol. The number of fused-ring (bicyclic) bond motifs is 3. The average molecular weight is 465 g/mol. The number of amides is 2. The Morgan fingerprint density at radius 3 is 2.26 bits per heavy atom. The quantitative estimate of drug-likeness (QED) is 0.406. The Morgan fingerprint density at radius 2 is 1.51 bits per heavy atom. The minimum Gasteiger partial charge on any atom is -0.497 e. The molecule has 1 heterocycles. The lowest BCUT2D eigenvalue weighted by atomic mass is 9.93. The van der Waals surface area contributed by atoms with E-state index in [4.69, 9.17) is 9.47 Å². The Hall–Kier alpha value is -4.58. The molecule has 0 radical (unpaired) electrons. The zero-order valence-electron chi connectivity index (χ0n) is 19.4. The molecule has 4 aromatic rings. The highest BCUT2D eigenvalue weighted by atomic mass is 16.5. The fraction of sp³-hybridized carbons (Fsp3) is 0.103. The number of rotatable bonds is 5. The molecule has 6 nitrogen and oxygen atoms in total. The van der Waals surface area contributed by atoms with E-state index in [2.05, 4.69) is 17.4 Å². The summed E-state index contributed by atoms with van der Waals surface area (Å²) in [6.45, 7) is 0.500. The largest absolute Gasteiger partial charge is 0.497 e. The van der Waals surface area contributed by atoms with Gasteiger partial charge in [0.05, 0.1) is 32.0 Å². The van der Waals surface area contributed by atoms with E-state index >= 15 is 0 Å². The molecule has 35 heavy (non-hydrogen) atoms. The number of anilines is 2. The molecule has 6 heteroatoms. The maximum atomic E-state index is 13.5. The fourth-order valence-electron chi connectivity index (χ4n) is 4.34.